The summed E-state index contributed by atoms with van der Waals surface area (Å²) in [6.45, 7) is 5.00. The van der Waals surface area contributed by atoms with E-state index in [9.17, 15) is 9.59 Å². The summed E-state index contributed by atoms with van der Waals surface area (Å²) < 4.78 is 5.77. The summed E-state index contributed by atoms with van der Waals surface area (Å²) in [7, 11) is 0. The Kier molecular flexibility index (Phi) is 17.5. The highest BCUT2D eigenvalue weighted by atomic mass is 16.5. The third-order valence-electron chi connectivity index (χ3n) is 7.29. The molecule has 0 radical (unpaired) electrons. The van der Waals surface area contributed by atoms with Gasteiger partial charge in [-0.05, 0) is 55.2 Å². The standard InChI is InChI=1S/C34H52N2O3/c1-3-5-7-9-11-12-14-17-21-29(20-16-13-10-8-6-4-2)28-39-33(37)30-24-26-32(27-25-30)36-34(38)35-31-22-18-15-19-23-31/h15,18-19,22-27,29H,3-14,16-17,20-21,28H2,1-2H3,(H2,35,36,38). The van der Waals surface area contributed by atoms with Crippen LogP contribution in [0.2, 0.25) is 0 Å². The smallest absolute Gasteiger partial charge is 0.338 e. The molecule has 0 fully saturated rings. The van der Waals surface area contributed by atoms with Gasteiger partial charge in [0.2, 0.25) is 0 Å². The van der Waals surface area contributed by atoms with Crippen LogP contribution in [0.15, 0.2) is 54.6 Å². The van der Waals surface area contributed by atoms with Crippen molar-refractivity contribution in [3.05, 3.63) is 60.2 Å². The fourth-order valence-electron chi connectivity index (χ4n) is 4.87. The van der Waals surface area contributed by atoms with E-state index in [0.29, 0.717) is 23.8 Å². The number of amides is 2. The molecule has 1 atom stereocenters. The van der Waals surface area contributed by atoms with Gasteiger partial charge in [-0.2, -0.15) is 0 Å². The lowest BCUT2D eigenvalue weighted by Gasteiger charge is -2.17. The molecular weight excluding hydrogens is 484 g/mol. The van der Waals surface area contributed by atoms with Crippen molar-refractivity contribution in [3.63, 3.8) is 0 Å². The van der Waals surface area contributed by atoms with E-state index in [0.717, 1.165) is 18.5 Å². The summed E-state index contributed by atoms with van der Waals surface area (Å²) >= 11 is 0. The van der Waals surface area contributed by atoms with Gasteiger partial charge in [0.25, 0.3) is 0 Å². The Hall–Kier alpha value is -2.82. The monoisotopic (exact) mass is 536 g/mol. The molecule has 0 bridgehead atoms. The Labute approximate surface area is 237 Å². The van der Waals surface area contributed by atoms with Crippen LogP contribution in [0.3, 0.4) is 0 Å². The number of esters is 1. The topological polar surface area (TPSA) is 67.4 Å². The molecule has 39 heavy (non-hydrogen) atoms. The van der Waals surface area contributed by atoms with E-state index in [-0.39, 0.29) is 12.0 Å². The maximum Gasteiger partial charge on any atom is 0.338 e. The molecule has 2 N–H and O–H groups in total. The molecular formula is C34H52N2O3. The van der Waals surface area contributed by atoms with Gasteiger partial charge in [0.1, 0.15) is 0 Å². The van der Waals surface area contributed by atoms with Gasteiger partial charge in [-0.15, -0.1) is 0 Å². The molecule has 5 nitrogen and oxygen atoms in total. The average Bonchev–Trinajstić information content (AvgIpc) is 2.95. The predicted molar refractivity (Wildman–Crippen MR) is 165 cm³/mol. The summed E-state index contributed by atoms with van der Waals surface area (Å²) in [6, 6.07) is 15.8. The van der Waals surface area contributed by atoms with Crippen LogP contribution in [0.4, 0.5) is 16.2 Å². The van der Waals surface area contributed by atoms with Crippen molar-refractivity contribution in [2.45, 2.75) is 117 Å². The Morgan fingerprint density at radius 2 is 1.08 bits per heavy atom. The molecule has 2 aromatic rings. The molecule has 0 aliphatic carbocycles. The fourth-order valence-corrected chi connectivity index (χ4v) is 4.87. The van der Waals surface area contributed by atoms with Gasteiger partial charge < -0.3 is 15.4 Å². The quantitative estimate of drug-likeness (QED) is 0.123. The average molecular weight is 537 g/mol. The Bertz CT molecular complexity index is 898. The molecule has 2 aromatic carbocycles. The number of ether oxygens (including phenoxy) is 1. The maximum absolute atomic E-state index is 12.8. The largest absolute Gasteiger partial charge is 0.462 e. The molecule has 0 aromatic heterocycles. The number of hydrogen-bond acceptors (Lipinski definition) is 3. The van der Waals surface area contributed by atoms with Gasteiger partial charge in [-0.3, -0.25) is 0 Å². The van der Waals surface area contributed by atoms with Gasteiger partial charge in [0.15, 0.2) is 0 Å². The number of para-hydroxylation sites is 1. The maximum atomic E-state index is 12.8. The van der Waals surface area contributed by atoms with Crippen molar-refractivity contribution in [2.24, 2.45) is 5.92 Å². The van der Waals surface area contributed by atoms with E-state index in [2.05, 4.69) is 24.5 Å². The minimum atomic E-state index is -0.324. The van der Waals surface area contributed by atoms with E-state index < -0.39 is 0 Å². The van der Waals surface area contributed by atoms with E-state index in [1.54, 1.807) is 24.3 Å². The van der Waals surface area contributed by atoms with Gasteiger partial charge >= 0.3 is 12.0 Å². The summed E-state index contributed by atoms with van der Waals surface area (Å²) in [5.74, 6) is 0.141. The third kappa shape index (κ3) is 15.4. The fraction of sp³-hybridized carbons (Fsp3) is 0.588. The zero-order valence-electron chi connectivity index (χ0n) is 24.5. The molecule has 0 saturated heterocycles. The van der Waals surface area contributed by atoms with Crippen molar-refractivity contribution in [1.29, 1.82) is 0 Å². The van der Waals surface area contributed by atoms with Crippen molar-refractivity contribution >= 4 is 23.4 Å². The SMILES string of the molecule is CCCCCCCCCCC(CCCCCCCC)COC(=O)c1ccc(NC(=O)Nc2ccccc2)cc1. The Morgan fingerprint density at radius 1 is 0.615 bits per heavy atom. The van der Waals surface area contributed by atoms with Crippen LogP contribution in [0.1, 0.15) is 127 Å². The summed E-state index contributed by atoms with van der Waals surface area (Å²) in [5.41, 5.74) is 1.85. The minimum Gasteiger partial charge on any atom is -0.462 e. The molecule has 0 heterocycles. The van der Waals surface area contributed by atoms with Crippen molar-refractivity contribution in [2.75, 3.05) is 17.2 Å². The van der Waals surface area contributed by atoms with Crippen molar-refractivity contribution in [3.8, 4) is 0 Å². The second-order valence-corrected chi connectivity index (χ2v) is 10.8. The normalized spacial score (nSPS) is 11.6. The minimum absolute atomic E-state index is 0.292. The zero-order chi connectivity index (χ0) is 28.0. The van der Waals surface area contributed by atoms with Gasteiger partial charge in [0.05, 0.1) is 12.2 Å². The molecule has 2 rings (SSSR count). The van der Waals surface area contributed by atoms with E-state index in [1.807, 2.05) is 30.3 Å². The van der Waals surface area contributed by atoms with E-state index in [1.165, 1.54) is 89.9 Å². The highest BCUT2D eigenvalue weighted by Crippen LogP contribution is 2.21. The summed E-state index contributed by atoms with van der Waals surface area (Å²) in [4.78, 5) is 25.0. The van der Waals surface area contributed by atoms with Crippen molar-refractivity contribution < 1.29 is 14.3 Å². The number of nitrogens with one attached hydrogen (secondary N) is 2. The first kappa shape index (κ1) is 32.4. The van der Waals surface area contributed by atoms with E-state index in [4.69, 9.17) is 4.74 Å². The molecule has 5 heteroatoms. The summed E-state index contributed by atoms with van der Waals surface area (Å²) in [5, 5.41) is 5.58. The molecule has 216 valence electrons. The number of carbonyl (C=O) groups excluding carboxylic acids is 2. The number of carbonyl (C=O) groups is 2. The van der Waals surface area contributed by atoms with Gasteiger partial charge in [0, 0.05) is 11.4 Å². The molecule has 0 saturated carbocycles. The van der Waals surface area contributed by atoms with E-state index >= 15 is 0 Å². The number of urea groups is 1. The van der Waals surface area contributed by atoms with Crippen LogP contribution >= 0.6 is 0 Å². The number of benzene rings is 2. The lowest BCUT2D eigenvalue weighted by molar-refractivity contribution is 0.0422. The number of rotatable bonds is 21. The first-order chi connectivity index (χ1) is 19.1. The van der Waals surface area contributed by atoms with Crippen LogP contribution < -0.4 is 10.6 Å². The molecule has 0 aliphatic heterocycles. The predicted octanol–water partition coefficient (Wildman–Crippen LogP) is 10.4. The number of hydrogen-bond donors (Lipinski definition) is 2. The van der Waals surface area contributed by atoms with Crippen molar-refractivity contribution in [1.82, 2.24) is 0 Å². The lowest BCUT2D eigenvalue weighted by Crippen LogP contribution is -2.19. The molecule has 2 amide bonds. The Morgan fingerprint density at radius 3 is 1.59 bits per heavy atom. The number of unbranched alkanes of at least 4 members (excludes halogenated alkanes) is 12. The van der Waals surface area contributed by atoms with Crippen LogP contribution in [-0.2, 0) is 4.74 Å². The second kappa shape index (κ2) is 21.1. The van der Waals surface area contributed by atoms with Gasteiger partial charge in [-0.1, -0.05) is 122 Å². The Balaban J connectivity index is 1.76. The van der Waals surface area contributed by atoms with Crippen LogP contribution in [-0.4, -0.2) is 18.6 Å². The van der Waals surface area contributed by atoms with Crippen LogP contribution in [0, 0.1) is 5.92 Å². The summed E-state index contributed by atoms with van der Waals surface area (Å²) in [6.07, 6.45) is 20.5. The van der Waals surface area contributed by atoms with Crippen LogP contribution in [0.25, 0.3) is 0 Å². The zero-order valence-corrected chi connectivity index (χ0v) is 24.5. The molecule has 1 unspecified atom stereocenters. The second-order valence-electron chi connectivity index (χ2n) is 10.8. The first-order valence-electron chi connectivity index (χ1n) is 15.5. The molecule has 0 spiro atoms. The van der Waals surface area contributed by atoms with Gasteiger partial charge in [-0.25, -0.2) is 9.59 Å². The number of anilines is 2. The first-order valence-corrected chi connectivity index (χ1v) is 15.5. The molecule has 0 aliphatic rings. The third-order valence-corrected chi connectivity index (χ3v) is 7.29. The lowest BCUT2D eigenvalue weighted by atomic mass is 9.94. The highest BCUT2D eigenvalue weighted by molar-refractivity contribution is 6.00. The van der Waals surface area contributed by atoms with Crippen LogP contribution in [0.5, 0.6) is 0 Å². The highest BCUT2D eigenvalue weighted by Gasteiger charge is 2.14.